The number of likely N-dealkylation sites (tertiary alicyclic amines) is 1. The summed E-state index contributed by atoms with van der Waals surface area (Å²) in [5.41, 5.74) is -1.35. The van der Waals surface area contributed by atoms with Gasteiger partial charge in [0.1, 0.15) is 12.2 Å². The molecule has 53 heavy (non-hydrogen) atoms. The number of carbonyl (C=O) groups excluding carboxylic acids is 4. The highest BCUT2D eigenvalue weighted by molar-refractivity contribution is 7.59. The molecule has 0 aromatic heterocycles. The lowest BCUT2D eigenvalue weighted by molar-refractivity contribution is -0.156. The quantitative estimate of drug-likeness (QED) is 0.125. The number of halogens is 3. The first kappa shape index (κ1) is 40.8. The lowest BCUT2D eigenvalue weighted by atomic mass is 9.77. The highest BCUT2D eigenvalue weighted by Crippen LogP contribution is 2.71. The number of hydrogen-bond acceptors (Lipinski definition) is 8. The zero-order valence-corrected chi connectivity index (χ0v) is 32.0. The fourth-order valence-corrected chi connectivity index (χ4v) is 9.89. The number of ketones is 1. The SMILES string of the molecule is C=C[C@@H]1C[C@]1(CC(=O)[C@@H]1C[C@@H](OC(=O)Nc2cc(C(F)(F)F)ccc2N2CCCCC2)CN1C(=O)[C@@H](CC(=O)OC1CCCC1)C(C)(C)C)P(C)(=O)O. The second-order valence-corrected chi connectivity index (χ2v) is 19.0. The number of ether oxygens (including phenoxy) is 2. The molecule has 2 aliphatic carbocycles. The van der Waals surface area contributed by atoms with E-state index >= 15 is 0 Å². The molecule has 11 nitrogen and oxygen atoms in total. The van der Waals surface area contributed by atoms with E-state index in [1.54, 1.807) is 26.8 Å². The normalized spacial score (nSPS) is 26.8. The van der Waals surface area contributed by atoms with E-state index in [2.05, 4.69) is 11.9 Å². The van der Waals surface area contributed by atoms with E-state index in [-0.39, 0.29) is 49.9 Å². The number of anilines is 2. The topological polar surface area (TPSA) is 143 Å². The number of nitrogens with zero attached hydrogens (tertiary/aromatic N) is 2. The first-order chi connectivity index (χ1) is 24.7. The number of benzene rings is 1. The number of amides is 2. The van der Waals surface area contributed by atoms with Gasteiger partial charge in [-0.1, -0.05) is 26.8 Å². The van der Waals surface area contributed by atoms with Crippen molar-refractivity contribution in [3.63, 3.8) is 0 Å². The Morgan fingerprint density at radius 2 is 1.72 bits per heavy atom. The summed E-state index contributed by atoms with van der Waals surface area (Å²) in [6.45, 7) is 11.3. The van der Waals surface area contributed by atoms with Gasteiger partial charge in [-0.2, -0.15) is 13.2 Å². The molecule has 0 spiro atoms. The average Bonchev–Trinajstić information content (AvgIpc) is 3.34. The first-order valence-electron chi connectivity index (χ1n) is 18.6. The predicted molar refractivity (Wildman–Crippen MR) is 194 cm³/mol. The summed E-state index contributed by atoms with van der Waals surface area (Å²) >= 11 is 0. The third-order valence-corrected chi connectivity index (χ3v) is 13.8. The van der Waals surface area contributed by atoms with Crippen LogP contribution in [0.5, 0.6) is 0 Å². The summed E-state index contributed by atoms with van der Waals surface area (Å²) < 4.78 is 65.6. The van der Waals surface area contributed by atoms with E-state index in [9.17, 15) is 41.8 Å². The number of rotatable bonds is 12. The van der Waals surface area contributed by atoms with Crippen LogP contribution in [-0.4, -0.2) is 83.3 Å². The van der Waals surface area contributed by atoms with E-state index in [4.69, 9.17) is 9.47 Å². The molecule has 0 bridgehead atoms. The van der Waals surface area contributed by atoms with E-state index in [0.717, 1.165) is 57.1 Å². The van der Waals surface area contributed by atoms with E-state index in [1.165, 1.54) is 17.6 Å². The van der Waals surface area contributed by atoms with Gasteiger partial charge in [0, 0.05) is 32.6 Å². The minimum atomic E-state index is -4.66. The van der Waals surface area contributed by atoms with Crippen molar-refractivity contribution in [2.45, 2.75) is 121 Å². The van der Waals surface area contributed by atoms with E-state index in [1.807, 2.05) is 4.90 Å². The molecule has 1 aromatic carbocycles. The van der Waals surface area contributed by atoms with Gasteiger partial charge in [0.15, 0.2) is 5.78 Å². The average molecular weight is 768 g/mol. The summed E-state index contributed by atoms with van der Waals surface area (Å²) in [6.07, 6.45) is 0.256. The van der Waals surface area contributed by atoms with Gasteiger partial charge in [-0.3, -0.25) is 24.3 Å². The maximum atomic E-state index is 14.4. The lowest BCUT2D eigenvalue weighted by Gasteiger charge is -2.35. The lowest BCUT2D eigenvalue weighted by Crippen LogP contribution is -2.48. The van der Waals surface area contributed by atoms with Crippen molar-refractivity contribution in [1.29, 1.82) is 0 Å². The Kier molecular flexibility index (Phi) is 12.1. The van der Waals surface area contributed by atoms with Crippen LogP contribution in [0, 0.1) is 17.3 Å². The van der Waals surface area contributed by atoms with Crippen LogP contribution < -0.4 is 10.2 Å². The maximum Gasteiger partial charge on any atom is 0.416 e. The van der Waals surface area contributed by atoms with Crippen molar-refractivity contribution < 1.29 is 51.3 Å². The molecule has 1 aromatic rings. The standard InChI is InChI=1S/C38H53F3N3O8P/c1-6-24-21-37(24,53(5,49)50)22-32(45)31-19-27(23-44(31)34(47)28(36(2,3)4)20-33(46)51-26-12-8-9-13-26)52-35(48)42-29-18-25(38(39,40)41)14-15-30(29)43-16-10-7-11-17-43/h6,14-15,18,24,26-28,31H,1,7-13,16-17,19-23H2,2-5H3,(H,42,48)(H,49,50)/t24-,27-,28-,31+,37-/m1/s1. The third kappa shape index (κ3) is 9.47. The molecular formula is C38H53F3N3O8P. The van der Waals surface area contributed by atoms with Crippen LogP contribution in [-0.2, 0) is 34.6 Å². The van der Waals surface area contributed by atoms with Gasteiger partial charge in [0.25, 0.3) is 0 Å². The second-order valence-electron chi connectivity index (χ2n) is 16.4. The summed E-state index contributed by atoms with van der Waals surface area (Å²) in [5, 5.41) is 1.27. The van der Waals surface area contributed by atoms with Crippen LogP contribution in [0.3, 0.4) is 0 Å². The fourth-order valence-electron chi connectivity index (χ4n) is 8.19. The summed E-state index contributed by atoms with van der Waals surface area (Å²) in [7, 11) is -3.79. The van der Waals surface area contributed by atoms with Crippen LogP contribution >= 0.6 is 7.37 Å². The van der Waals surface area contributed by atoms with Crippen LogP contribution in [0.15, 0.2) is 30.9 Å². The van der Waals surface area contributed by atoms with Crippen molar-refractivity contribution in [1.82, 2.24) is 4.90 Å². The van der Waals surface area contributed by atoms with Crippen LogP contribution in [0.1, 0.15) is 97.0 Å². The number of piperidine rings is 1. The van der Waals surface area contributed by atoms with E-state index in [0.29, 0.717) is 18.8 Å². The van der Waals surface area contributed by atoms with Gasteiger partial charge in [-0.05, 0) is 80.9 Å². The molecule has 2 saturated carbocycles. The fraction of sp³-hybridized carbons (Fsp3) is 0.684. The molecule has 0 radical (unpaired) electrons. The molecule has 2 aliphatic heterocycles. The molecule has 294 valence electrons. The molecule has 4 fully saturated rings. The Hall–Kier alpha value is -3.38. The number of allylic oxidation sites excluding steroid dienone is 1. The van der Waals surface area contributed by atoms with Crippen LogP contribution in [0.25, 0.3) is 0 Å². The summed E-state index contributed by atoms with van der Waals surface area (Å²) in [5.74, 6) is -2.82. The van der Waals surface area contributed by atoms with Crippen molar-refractivity contribution in [3.8, 4) is 0 Å². The van der Waals surface area contributed by atoms with Crippen molar-refractivity contribution in [2.75, 3.05) is 36.5 Å². The minimum absolute atomic E-state index is 0.0772. The highest BCUT2D eigenvalue weighted by atomic mass is 31.2. The Bertz CT molecular complexity index is 1610. The number of esters is 1. The largest absolute Gasteiger partial charge is 0.462 e. The monoisotopic (exact) mass is 767 g/mol. The molecule has 4 aliphatic rings. The molecule has 2 saturated heterocycles. The zero-order valence-electron chi connectivity index (χ0n) is 31.1. The molecular weight excluding hydrogens is 714 g/mol. The summed E-state index contributed by atoms with van der Waals surface area (Å²) in [6, 6.07) is 2.01. The van der Waals surface area contributed by atoms with Gasteiger partial charge < -0.3 is 24.2 Å². The Morgan fingerprint density at radius 1 is 1.06 bits per heavy atom. The maximum absolute atomic E-state index is 14.4. The van der Waals surface area contributed by atoms with Gasteiger partial charge in [0.05, 0.1) is 47.0 Å². The minimum Gasteiger partial charge on any atom is -0.462 e. The number of carbonyl (C=O) groups is 4. The number of nitrogens with one attached hydrogen (secondary N) is 1. The Morgan fingerprint density at radius 3 is 2.28 bits per heavy atom. The highest BCUT2D eigenvalue weighted by Gasteiger charge is 2.63. The van der Waals surface area contributed by atoms with E-state index < -0.39 is 71.5 Å². The van der Waals surface area contributed by atoms with Crippen LogP contribution in [0.4, 0.5) is 29.3 Å². The zero-order chi connectivity index (χ0) is 38.9. The molecule has 1 unspecified atom stereocenters. The second kappa shape index (κ2) is 15.8. The Labute approximate surface area is 309 Å². The molecule has 15 heteroatoms. The van der Waals surface area contributed by atoms with Crippen molar-refractivity contribution in [3.05, 3.63) is 36.4 Å². The van der Waals surface area contributed by atoms with Gasteiger partial charge in [0.2, 0.25) is 13.3 Å². The van der Waals surface area contributed by atoms with Gasteiger partial charge >= 0.3 is 18.2 Å². The number of Topliss-reactive ketones (excluding diaryl/α,β-unsaturated/α-hetero) is 1. The number of alkyl halides is 3. The van der Waals surface area contributed by atoms with Crippen molar-refractivity contribution >= 4 is 42.5 Å². The molecule has 2 N–H and O–H groups in total. The molecule has 5 rings (SSSR count). The smallest absolute Gasteiger partial charge is 0.416 e. The predicted octanol–water partition coefficient (Wildman–Crippen LogP) is 7.56. The van der Waals surface area contributed by atoms with Crippen molar-refractivity contribution in [2.24, 2.45) is 17.3 Å². The van der Waals surface area contributed by atoms with Gasteiger partial charge in [-0.25, -0.2) is 4.79 Å². The molecule has 2 heterocycles. The Balaban J connectivity index is 1.39. The summed E-state index contributed by atoms with van der Waals surface area (Å²) in [4.78, 5) is 68.9. The number of hydrogen-bond donors (Lipinski definition) is 2. The third-order valence-electron chi connectivity index (χ3n) is 11.5. The molecule has 6 atom stereocenters. The first-order valence-corrected chi connectivity index (χ1v) is 20.7. The van der Waals surface area contributed by atoms with Gasteiger partial charge in [-0.15, -0.1) is 6.58 Å². The van der Waals surface area contributed by atoms with Crippen LogP contribution in [0.2, 0.25) is 0 Å². The molecule has 2 amide bonds.